The van der Waals surface area contributed by atoms with Gasteiger partial charge in [-0.2, -0.15) is 5.10 Å². The van der Waals surface area contributed by atoms with Crippen LogP contribution in [0.3, 0.4) is 0 Å². The van der Waals surface area contributed by atoms with Crippen molar-refractivity contribution in [2.45, 2.75) is 59.3 Å². The number of imide groups is 1. The number of fused-ring (bicyclic) bond motifs is 1. The second kappa shape index (κ2) is 14.4. The maximum absolute atomic E-state index is 13.7. The number of rotatable bonds is 14. The van der Waals surface area contributed by atoms with Gasteiger partial charge in [-0.1, -0.05) is 25.8 Å². The van der Waals surface area contributed by atoms with Crippen LogP contribution >= 0.6 is 0 Å². The number of carbonyl (C=O) groups excluding carboxylic acids is 4. The van der Waals surface area contributed by atoms with Crippen LogP contribution in [0.25, 0.3) is 5.52 Å². The second-order valence-electron chi connectivity index (χ2n) is 10.6. The van der Waals surface area contributed by atoms with Gasteiger partial charge in [-0.3, -0.25) is 19.2 Å². The standard InChI is InChI=1S/C30H36N6O8/c1-4-12-31-28(40)21-8-5-18(2)23(14-21)34-27-26-19(3)22(15-36(26)33-16-32-27)29(41)35(13-11-20-6-7-20)30(42)44-17-43-25(39)10-9-24(37)38/h5,8,14-16,20H,4,6-7,9-13,17H2,1-3H3,(H,31,40)(H,37,38)(H,32,33,34). The Morgan fingerprint density at radius 2 is 1.89 bits per heavy atom. The molecule has 1 aromatic carbocycles. The molecule has 14 heteroatoms. The average Bonchev–Trinajstić information content (AvgIpc) is 3.76. The molecule has 4 rings (SSSR count). The minimum atomic E-state index is -1.16. The van der Waals surface area contributed by atoms with E-state index in [1.807, 2.05) is 19.9 Å². The SMILES string of the molecule is CCCNC(=O)c1ccc(C)c(Nc2ncnn3cc(C(=O)N(CCC4CC4)C(=O)OCOC(=O)CCC(=O)O)c(C)c23)c1. The summed E-state index contributed by atoms with van der Waals surface area (Å²) in [5, 5.41) is 19.1. The van der Waals surface area contributed by atoms with Gasteiger partial charge in [0, 0.05) is 30.5 Å². The first-order valence-electron chi connectivity index (χ1n) is 14.4. The Hall–Kier alpha value is -5.01. The molecule has 1 aliphatic rings. The molecule has 1 saturated carbocycles. The topological polar surface area (TPSA) is 182 Å². The summed E-state index contributed by atoms with van der Waals surface area (Å²) in [7, 11) is 0. The molecule has 0 atom stereocenters. The summed E-state index contributed by atoms with van der Waals surface area (Å²) in [5.74, 6) is -2.01. The molecule has 2 heterocycles. The first-order chi connectivity index (χ1) is 21.1. The Labute approximate surface area is 253 Å². The van der Waals surface area contributed by atoms with Gasteiger partial charge in [-0.05, 0) is 55.9 Å². The van der Waals surface area contributed by atoms with Gasteiger partial charge in [0.05, 0.1) is 18.4 Å². The van der Waals surface area contributed by atoms with E-state index < -0.39 is 37.2 Å². The largest absolute Gasteiger partial charge is 0.481 e. The van der Waals surface area contributed by atoms with Crippen LogP contribution in [-0.2, 0) is 19.1 Å². The first kappa shape index (κ1) is 31.9. The van der Waals surface area contributed by atoms with Gasteiger partial charge in [0.1, 0.15) is 11.8 Å². The Balaban J connectivity index is 1.55. The third-order valence-electron chi connectivity index (χ3n) is 7.21. The van der Waals surface area contributed by atoms with Gasteiger partial charge in [0.25, 0.3) is 11.8 Å². The van der Waals surface area contributed by atoms with Crippen molar-refractivity contribution in [3.05, 3.63) is 53.0 Å². The predicted octanol–water partition coefficient (Wildman–Crippen LogP) is 3.97. The fraction of sp³-hybridized carbons (Fsp3) is 0.433. The highest BCUT2D eigenvalue weighted by Gasteiger charge is 2.31. The van der Waals surface area contributed by atoms with Gasteiger partial charge < -0.3 is 25.2 Å². The molecule has 2 aromatic heterocycles. The van der Waals surface area contributed by atoms with E-state index in [1.54, 1.807) is 19.1 Å². The van der Waals surface area contributed by atoms with Crippen molar-refractivity contribution < 1.29 is 38.6 Å². The van der Waals surface area contributed by atoms with Crippen LogP contribution in [0.1, 0.15) is 77.3 Å². The Bertz CT molecular complexity index is 1560. The molecule has 0 bridgehead atoms. The predicted molar refractivity (Wildman–Crippen MR) is 157 cm³/mol. The number of nitrogens with zero attached hydrogens (tertiary/aromatic N) is 4. The number of aryl methyl sites for hydroxylation is 2. The molecule has 234 valence electrons. The zero-order valence-electron chi connectivity index (χ0n) is 24.9. The number of nitrogens with one attached hydrogen (secondary N) is 2. The lowest BCUT2D eigenvalue weighted by Crippen LogP contribution is -2.39. The van der Waals surface area contributed by atoms with Crippen LogP contribution in [0, 0.1) is 19.8 Å². The normalized spacial score (nSPS) is 12.4. The number of hydrogen-bond acceptors (Lipinski definition) is 10. The van der Waals surface area contributed by atoms with Crippen molar-refractivity contribution in [1.29, 1.82) is 0 Å². The molecular formula is C30H36N6O8. The van der Waals surface area contributed by atoms with E-state index in [4.69, 9.17) is 14.6 Å². The molecule has 0 spiro atoms. The lowest BCUT2D eigenvalue weighted by atomic mass is 10.1. The smallest absolute Gasteiger partial charge is 0.419 e. The highest BCUT2D eigenvalue weighted by molar-refractivity contribution is 6.05. The Morgan fingerprint density at radius 3 is 2.59 bits per heavy atom. The summed E-state index contributed by atoms with van der Waals surface area (Å²) < 4.78 is 11.3. The molecular weight excluding hydrogens is 572 g/mol. The van der Waals surface area contributed by atoms with E-state index in [9.17, 15) is 24.0 Å². The van der Waals surface area contributed by atoms with Crippen LogP contribution in [-0.4, -0.2) is 74.3 Å². The van der Waals surface area contributed by atoms with E-state index in [1.165, 1.54) is 17.0 Å². The second-order valence-corrected chi connectivity index (χ2v) is 10.6. The summed E-state index contributed by atoms with van der Waals surface area (Å²) in [5.41, 5.74) is 3.21. The van der Waals surface area contributed by atoms with Gasteiger partial charge in [-0.25, -0.2) is 19.2 Å². The van der Waals surface area contributed by atoms with Crippen molar-refractivity contribution in [2.24, 2.45) is 5.92 Å². The van der Waals surface area contributed by atoms with Gasteiger partial charge >= 0.3 is 18.0 Å². The maximum Gasteiger partial charge on any atom is 0.419 e. The third-order valence-corrected chi connectivity index (χ3v) is 7.21. The van der Waals surface area contributed by atoms with Crippen molar-refractivity contribution in [3.63, 3.8) is 0 Å². The summed E-state index contributed by atoms with van der Waals surface area (Å²) >= 11 is 0. The highest BCUT2D eigenvalue weighted by Crippen LogP contribution is 2.33. The fourth-order valence-corrected chi connectivity index (χ4v) is 4.48. The number of esters is 1. The molecule has 0 unspecified atom stereocenters. The van der Waals surface area contributed by atoms with Crippen molar-refractivity contribution >= 4 is 46.9 Å². The molecule has 14 nitrogen and oxygen atoms in total. The Kier molecular flexibility index (Phi) is 10.5. The van der Waals surface area contributed by atoms with Gasteiger partial charge in [-0.15, -0.1) is 0 Å². The minimum absolute atomic E-state index is 0.101. The van der Waals surface area contributed by atoms with E-state index in [-0.39, 0.29) is 24.4 Å². The number of aliphatic carboxylic acids is 1. The average molecular weight is 609 g/mol. The van der Waals surface area contributed by atoms with E-state index in [0.29, 0.717) is 47.0 Å². The van der Waals surface area contributed by atoms with Crippen molar-refractivity contribution in [1.82, 2.24) is 24.8 Å². The number of ether oxygens (including phenoxy) is 2. The molecule has 0 radical (unpaired) electrons. The number of aromatic nitrogens is 3. The van der Waals surface area contributed by atoms with Gasteiger partial charge in [0.15, 0.2) is 5.82 Å². The number of amides is 3. The summed E-state index contributed by atoms with van der Waals surface area (Å²) in [6, 6.07) is 5.30. The zero-order chi connectivity index (χ0) is 31.8. The number of carboxylic acids is 1. The van der Waals surface area contributed by atoms with E-state index in [2.05, 4.69) is 20.7 Å². The Morgan fingerprint density at radius 1 is 1.11 bits per heavy atom. The van der Waals surface area contributed by atoms with Gasteiger partial charge in [0.2, 0.25) is 6.79 Å². The minimum Gasteiger partial charge on any atom is -0.481 e. The fourth-order valence-electron chi connectivity index (χ4n) is 4.48. The lowest BCUT2D eigenvalue weighted by Gasteiger charge is -2.20. The third kappa shape index (κ3) is 8.08. The molecule has 44 heavy (non-hydrogen) atoms. The van der Waals surface area contributed by atoms with Crippen LogP contribution in [0.5, 0.6) is 0 Å². The lowest BCUT2D eigenvalue weighted by molar-refractivity contribution is -0.154. The molecule has 1 aliphatic carbocycles. The molecule has 3 amide bonds. The quantitative estimate of drug-likeness (QED) is 0.178. The van der Waals surface area contributed by atoms with Crippen LogP contribution < -0.4 is 10.6 Å². The number of carboxylic acid groups (broad SMARTS) is 1. The molecule has 1 fully saturated rings. The van der Waals surface area contributed by atoms with E-state index in [0.717, 1.165) is 29.7 Å². The van der Waals surface area contributed by atoms with Crippen molar-refractivity contribution in [3.8, 4) is 0 Å². The van der Waals surface area contributed by atoms with Crippen LogP contribution in [0.4, 0.5) is 16.3 Å². The zero-order valence-corrected chi connectivity index (χ0v) is 24.9. The molecule has 3 aromatic rings. The summed E-state index contributed by atoms with van der Waals surface area (Å²) in [6.45, 7) is 5.49. The number of benzene rings is 1. The van der Waals surface area contributed by atoms with E-state index >= 15 is 0 Å². The monoisotopic (exact) mass is 608 g/mol. The van der Waals surface area contributed by atoms with Crippen molar-refractivity contribution in [2.75, 3.05) is 25.2 Å². The molecule has 3 N–H and O–H groups in total. The maximum atomic E-state index is 13.7. The summed E-state index contributed by atoms with van der Waals surface area (Å²) in [6.07, 6.45) is 4.49. The highest BCUT2D eigenvalue weighted by atomic mass is 16.7. The molecule has 0 saturated heterocycles. The first-order valence-corrected chi connectivity index (χ1v) is 14.4. The number of hydrogen-bond donors (Lipinski definition) is 3. The summed E-state index contributed by atoms with van der Waals surface area (Å²) in [4.78, 5) is 67.0. The number of carbonyl (C=O) groups is 5. The van der Waals surface area contributed by atoms with Crippen LogP contribution in [0.2, 0.25) is 0 Å². The number of anilines is 2. The molecule has 0 aliphatic heterocycles. The van der Waals surface area contributed by atoms with Crippen LogP contribution in [0.15, 0.2) is 30.7 Å².